The van der Waals surface area contributed by atoms with Crippen LogP contribution < -0.4 is 5.32 Å². The highest BCUT2D eigenvalue weighted by molar-refractivity contribution is 9.10. The van der Waals surface area contributed by atoms with Gasteiger partial charge in [0.15, 0.2) is 0 Å². The van der Waals surface area contributed by atoms with Gasteiger partial charge in [-0.25, -0.2) is 0 Å². The number of thioether (sulfide) groups is 1. The smallest absolute Gasteiger partial charge is 0.0302 e. The molecule has 0 heterocycles. The molecule has 1 unspecified atom stereocenters. The topological polar surface area (TPSA) is 12.0 Å². The van der Waals surface area contributed by atoms with Crippen molar-refractivity contribution in [1.82, 2.24) is 5.32 Å². The maximum atomic E-state index is 3.60. The van der Waals surface area contributed by atoms with Crippen LogP contribution in [0.4, 0.5) is 0 Å². The van der Waals surface area contributed by atoms with Crippen LogP contribution in [0.1, 0.15) is 51.1 Å². The van der Waals surface area contributed by atoms with Crippen molar-refractivity contribution in [3.05, 3.63) is 28.2 Å². The number of benzene rings is 1. The van der Waals surface area contributed by atoms with Crippen LogP contribution in [-0.2, 0) is 0 Å². The van der Waals surface area contributed by atoms with Gasteiger partial charge in [0.2, 0.25) is 0 Å². The molecule has 2 rings (SSSR count). The lowest BCUT2D eigenvalue weighted by Crippen LogP contribution is -2.18. The fourth-order valence-corrected chi connectivity index (χ4v) is 4.59. The Morgan fingerprint density at radius 3 is 2.78 bits per heavy atom. The lowest BCUT2D eigenvalue weighted by molar-refractivity contribution is 0.589. The van der Waals surface area contributed by atoms with E-state index in [0.29, 0.717) is 6.04 Å². The first-order valence-corrected chi connectivity index (χ1v) is 8.57. The second-order valence-electron chi connectivity index (χ2n) is 4.99. The summed E-state index contributed by atoms with van der Waals surface area (Å²) in [5.74, 6) is 0. The molecular formula is C15H22BrNS. The molecule has 1 aromatic carbocycles. The maximum absolute atomic E-state index is 3.60. The van der Waals surface area contributed by atoms with Crippen LogP contribution in [0.25, 0.3) is 0 Å². The fourth-order valence-electron chi connectivity index (χ4n) is 2.57. The number of halogens is 1. The Labute approximate surface area is 123 Å². The van der Waals surface area contributed by atoms with E-state index in [-0.39, 0.29) is 0 Å². The van der Waals surface area contributed by atoms with Crippen molar-refractivity contribution in [1.29, 1.82) is 0 Å². The van der Waals surface area contributed by atoms with E-state index in [1.165, 1.54) is 40.6 Å². The molecule has 3 heteroatoms. The highest BCUT2D eigenvalue weighted by Crippen LogP contribution is 2.38. The van der Waals surface area contributed by atoms with E-state index >= 15 is 0 Å². The van der Waals surface area contributed by atoms with Gasteiger partial charge in [-0.2, -0.15) is 0 Å². The molecule has 0 aromatic heterocycles. The second-order valence-corrected chi connectivity index (χ2v) is 7.24. The van der Waals surface area contributed by atoms with E-state index in [9.17, 15) is 0 Å². The molecule has 18 heavy (non-hydrogen) atoms. The van der Waals surface area contributed by atoms with Crippen LogP contribution >= 0.6 is 27.7 Å². The molecule has 1 N–H and O–H groups in total. The number of hydrogen-bond donors (Lipinski definition) is 1. The summed E-state index contributed by atoms with van der Waals surface area (Å²) >= 11 is 5.68. The third kappa shape index (κ3) is 3.75. The van der Waals surface area contributed by atoms with E-state index in [4.69, 9.17) is 0 Å². The molecule has 0 spiro atoms. The van der Waals surface area contributed by atoms with Crippen molar-refractivity contribution in [3.63, 3.8) is 0 Å². The zero-order valence-corrected chi connectivity index (χ0v) is 13.6. The molecular weight excluding hydrogens is 306 g/mol. The maximum Gasteiger partial charge on any atom is 0.0302 e. The van der Waals surface area contributed by atoms with Crippen LogP contribution in [0.5, 0.6) is 0 Å². The van der Waals surface area contributed by atoms with E-state index in [1.54, 1.807) is 0 Å². The zero-order chi connectivity index (χ0) is 13.0. The summed E-state index contributed by atoms with van der Waals surface area (Å²) in [5.41, 5.74) is 1.44. The SMILES string of the molecule is CCNC(C)c1ccc(Br)cc1SC1CCCC1. The molecule has 1 atom stereocenters. The minimum absolute atomic E-state index is 0.437. The van der Waals surface area contributed by atoms with Gasteiger partial charge in [-0.1, -0.05) is 41.8 Å². The van der Waals surface area contributed by atoms with Crippen LogP contribution in [0.3, 0.4) is 0 Å². The van der Waals surface area contributed by atoms with Crippen molar-refractivity contribution in [2.45, 2.75) is 55.7 Å². The quantitative estimate of drug-likeness (QED) is 0.802. The van der Waals surface area contributed by atoms with Gasteiger partial charge < -0.3 is 5.32 Å². The number of rotatable bonds is 5. The molecule has 0 saturated heterocycles. The minimum atomic E-state index is 0.437. The summed E-state index contributed by atoms with van der Waals surface area (Å²) in [6.45, 7) is 5.44. The largest absolute Gasteiger partial charge is 0.310 e. The van der Waals surface area contributed by atoms with Gasteiger partial charge >= 0.3 is 0 Å². The van der Waals surface area contributed by atoms with Gasteiger partial charge in [-0.05, 0) is 44.0 Å². The van der Waals surface area contributed by atoms with Crippen molar-refractivity contribution in [3.8, 4) is 0 Å². The van der Waals surface area contributed by atoms with E-state index in [2.05, 4.69) is 65.1 Å². The predicted molar refractivity (Wildman–Crippen MR) is 84.3 cm³/mol. The van der Waals surface area contributed by atoms with Crippen molar-refractivity contribution in [2.24, 2.45) is 0 Å². The van der Waals surface area contributed by atoms with Gasteiger partial charge in [-0.15, -0.1) is 11.8 Å². The molecule has 100 valence electrons. The molecule has 1 saturated carbocycles. The second kappa shape index (κ2) is 6.97. The fraction of sp³-hybridized carbons (Fsp3) is 0.600. The number of nitrogens with one attached hydrogen (secondary N) is 1. The highest BCUT2D eigenvalue weighted by atomic mass is 79.9. The summed E-state index contributed by atoms with van der Waals surface area (Å²) < 4.78 is 1.19. The van der Waals surface area contributed by atoms with Gasteiger partial charge in [0, 0.05) is 20.7 Å². The van der Waals surface area contributed by atoms with E-state index < -0.39 is 0 Å². The zero-order valence-electron chi connectivity index (χ0n) is 11.2. The van der Waals surface area contributed by atoms with Gasteiger partial charge in [0.25, 0.3) is 0 Å². The lowest BCUT2D eigenvalue weighted by Gasteiger charge is -2.19. The van der Waals surface area contributed by atoms with Gasteiger partial charge in [0.05, 0.1) is 0 Å². The predicted octanol–water partition coefficient (Wildman–Crippen LogP) is 5.15. The van der Waals surface area contributed by atoms with Crippen LogP contribution in [-0.4, -0.2) is 11.8 Å². The summed E-state index contributed by atoms with van der Waals surface area (Å²) in [6, 6.07) is 7.13. The molecule has 0 amide bonds. The Balaban J connectivity index is 2.16. The minimum Gasteiger partial charge on any atom is -0.310 e. The number of hydrogen-bond acceptors (Lipinski definition) is 2. The first kappa shape index (κ1) is 14.4. The van der Waals surface area contributed by atoms with Gasteiger partial charge in [0.1, 0.15) is 0 Å². The Kier molecular flexibility index (Phi) is 5.58. The third-order valence-corrected chi connectivity index (χ3v) is 5.45. The van der Waals surface area contributed by atoms with Gasteiger partial charge in [-0.3, -0.25) is 0 Å². The third-order valence-electron chi connectivity index (χ3n) is 3.55. The Morgan fingerprint density at radius 2 is 2.11 bits per heavy atom. The Hall–Kier alpha value is 0.01000. The van der Waals surface area contributed by atoms with Crippen molar-refractivity contribution < 1.29 is 0 Å². The van der Waals surface area contributed by atoms with Crippen molar-refractivity contribution >= 4 is 27.7 Å². The highest BCUT2D eigenvalue weighted by Gasteiger charge is 2.19. The summed E-state index contributed by atoms with van der Waals surface area (Å²) in [4.78, 5) is 1.45. The first-order valence-electron chi connectivity index (χ1n) is 6.90. The van der Waals surface area contributed by atoms with Crippen LogP contribution in [0, 0.1) is 0 Å². The summed E-state index contributed by atoms with van der Waals surface area (Å²) in [7, 11) is 0. The Bertz CT molecular complexity index is 388. The molecule has 0 radical (unpaired) electrons. The molecule has 1 aliphatic carbocycles. The average molecular weight is 328 g/mol. The molecule has 1 aliphatic rings. The van der Waals surface area contributed by atoms with Crippen molar-refractivity contribution in [2.75, 3.05) is 6.54 Å². The molecule has 1 fully saturated rings. The normalized spacial score (nSPS) is 18.2. The summed E-state index contributed by atoms with van der Waals surface area (Å²) in [5, 5.41) is 4.34. The van der Waals surface area contributed by atoms with Crippen LogP contribution in [0.15, 0.2) is 27.6 Å². The first-order chi connectivity index (χ1) is 8.70. The molecule has 1 nitrogen and oxygen atoms in total. The Morgan fingerprint density at radius 1 is 1.39 bits per heavy atom. The molecule has 1 aromatic rings. The standard InChI is InChI=1S/C15H22BrNS/c1-3-17-11(2)14-9-8-12(16)10-15(14)18-13-6-4-5-7-13/h8-11,13,17H,3-7H2,1-2H3. The average Bonchev–Trinajstić information content (AvgIpc) is 2.82. The van der Waals surface area contributed by atoms with E-state index in [0.717, 1.165) is 11.8 Å². The van der Waals surface area contributed by atoms with E-state index in [1.807, 2.05) is 0 Å². The molecule has 0 bridgehead atoms. The van der Waals surface area contributed by atoms with Crippen LogP contribution in [0.2, 0.25) is 0 Å². The monoisotopic (exact) mass is 327 g/mol. The molecule has 0 aliphatic heterocycles. The lowest BCUT2D eigenvalue weighted by atomic mass is 10.1. The summed E-state index contributed by atoms with van der Waals surface area (Å²) in [6.07, 6.45) is 5.58.